The molecule has 0 saturated carbocycles. The number of aromatic nitrogens is 5. The Bertz CT molecular complexity index is 1150. The highest BCUT2D eigenvalue weighted by Crippen LogP contribution is 2.32. The van der Waals surface area contributed by atoms with E-state index in [4.69, 9.17) is 11.6 Å². The third-order valence-electron chi connectivity index (χ3n) is 4.20. The normalized spacial score (nSPS) is 11.2. The molecule has 0 fully saturated rings. The van der Waals surface area contributed by atoms with Gasteiger partial charge in [-0.15, -0.1) is 0 Å². The number of carbonyl (C=O) groups excluding carboxylic acids is 1. The second kappa shape index (κ2) is 6.03. The summed E-state index contributed by atoms with van der Waals surface area (Å²) in [6.45, 7) is 0. The number of halogens is 1. The zero-order valence-corrected chi connectivity index (χ0v) is 15.2. The van der Waals surface area contributed by atoms with E-state index < -0.39 is 0 Å². The van der Waals surface area contributed by atoms with Crippen LogP contribution >= 0.6 is 11.6 Å². The molecule has 4 rings (SSSR count). The van der Waals surface area contributed by atoms with E-state index in [1.54, 1.807) is 38.8 Å². The summed E-state index contributed by atoms with van der Waals surface area (Å²) in [5.74, 6) is 0.151. The van der Waals surface area contributed by atoms with Crippen molar-refractivity contribution in [3.63, 3.8) is 0 Å². The van der Waals surface area contributed by atoms with Gasteiger partial charge < -0.3 is 9.47 Å². The summed E-state index contributed by atoms with van der Waals surface area (Å²) in [5.41, 5.74) is 2.35. The Hall–Kier alpha value is -3.06. The van der Waals surface area contributed by atoms with Gasteiger partial charge in [-0.2, -0.15) is 0 Å². The maximum atomic E-state index is 12.8. The summed E-state index contributed by atoms with van der Waals surface area (Å²) >= 11 is 6.16. The van der Waals surface area contributed by atoms with E-state index in [1.165, 1.54) is 4.90 Å². The van der Waals surface area contributed by atoms with Crippen LogP contribution in [0.4, 0.5) is 0 Å². The Labute approximate surface area is 154 Å². The second-order valence-electron chi connectivity index (χ2n) is 6.11. The molecule has 0 aliphatic heterocycles. The van der Waals surface area contributed by atoms with Crippen molar-refractivity contribution in [2.24, 2.45) is 7.05 Å². The summed E-state index contributed by atoms with van der Waals surface area (Å²) in [5, 5.41) is 2.19. The number of hydrogen-bond donors (Lipinski definition) is 0. The number of nitrogens with zero attached hydrogens (tertiary/aromatic N) is 6. The van der Waals surface area contributed by atoms with Gasteiger partial charge in [0.25, 0.3) is 5.91 Å². The Kier molecular flexibility index (Phi) is 3.81. The van der Waals surface area contributed by atoms with Gasteiger partial charge in [0.2, 0.25) is 0 Å². The topological polar surface area (TPSA) is 76.8 Å². The van der Waals surface area contributed by atoms with Crippen molar-refractivity contribution in [2.45, 2.75) is 0 Å². The van der Waals surface area contributed by atoms with Gasteiger partial charge in [-0.1, -0.05) is 17.7 Å². The predicted octanol–water partition coefficient (Wildman–Crippen LogP) is 2.93. The third kappa shape index (κ3) is 2.48. The molecule has 0 aliphatic rings. The first kappa shape index (κ1) is 16.4. The Morgan fingerprint density at radius 2 is 2.00 bits per heavy atom. The molecule has 0 atom stereocenters. The maximum absolute atomic E-state index is 12.8. The number of amides is 1. The molecule has 0 bridgehead atoms. The molecule has 4 aromatic rings. The molecule has 8 heteroatoms. The van der Waals surface area contributed by atoms with Crippen LogP contribution in [0.1, 0.15) is 10.5 Å². The molecule has 0 N–H and O–H groups in total. The largest absolute Gasteiger partial charge is 0.343 e. The highest BCUT2D eigenvalue weighted by molar-refractivity contribution is 6.31. The zero-order chi connectivity index (χ0) is 18.4. The van der Waals surface area contributed by atoms with Gasteiger partial charge in [0, 0.05) is 43.9 Å². The fourth-order valence-corrected chi connectivity index (χ4v) is 3.11. The monoisotopic (exact) mass is 366 g/mol. The molecule has 3 heterocycles. The smallest absolute Gasteiger partial charge is 0.272 e. The lowest BCUT2D eigenvalue weighted by Gasteiger charge is -2.11. The van der Waals surface area contributed by atoms with E-state index in [-0.39, 0.29) is 5.91 Å². The fourth-order valence-electron chi connectivity index (χ4n) is 2.94. The van der Waals surface area contributed by atoms with Crippen LogP contribution in [-0.2, 0) is 7.05 Å². The summed E-state index contributed by atoms with van der Waals surface area (Å²) in [4.78, 5) is 31.8. The van der Waals surface area contributed by atoms with Crippen molar-refractivity contribution in [1.29, 1.82) is 0 Å². The lowest BCUT2D eigenvalue weighted by molar-refractivity contribution is 0.0824. The number of carbonyl (C=O) groups is 1. The number of rotatable bonds is 2. The van der Waals surface area contributed by atoms with E-state index in [2.05, 4.69) is 19.9 Å². The predicted molar refractivity (Wildman–Crippen MR) is 100 cm³/mol. The maximum Gasteiger partial charge on any atom is 0.272 e. The van der Waals surface area contributed by atoms with Crippen molar-refractivity contribution in [3.8, 4) is 11.5 Å². The van der Waals surface area contributed by atoms with Gasteiger partial charge in [0.1, 0.15) is 17.0 Å². The Morgan fingerprint density at radius 1 is 1.19 bits per heavy atom. The van der Waals surface area contributed by atoms with Gasteiger partial charge in [0.15, 0.2) is 5.82 Å². The molecule has 26 heavy (non-hydrogen) atoms. The van der Waals surface area contributed by atoms with Crippen LogP contribution in [0.5, 0.6) is 0 Å². The molecule has 0 aliphatic carbocycles. The molecule has 1 amide bonds. The van der Waals surface area contributed by atoms with E-state index in [0.29, 0.717) is 33.3 Å². The van der Waals surface area contributed by atoms with Crippen molar-refractivity contribution in [2.75, 3.05) is 14.1 Å². The highest BCUT2D eigenvalue weighted by atomic mass is 35.5. The standard InChI is InChI=1S/C18H15ClN6O/c1-24(2)18(26)15-14-11-5-4-10(19)8-13(11)25(3)17(14)23-16(22-15)12-9-20-6-7-21-12/h4-9H,1-3H3. The minimum Gasteiger partial charge on any atom is -0.343 e. The van der Waals surface area contributed by atoms with Crippen LogP contribution in [-0.4, -0.2) is 49.4 Å². The first-order chi connectivity index (χ1) is 12.5. The van der Waals surface area contributed by atoms with Crippen LogP contribution in [0, 0.1) is 0 Å². The quantitative estimate of drug-likeness (QED) is 0.545. The lowest BCUT2D eigenvalue weighted by Crippen LogP contribution is -2.23. The average molecular weight is 367 g/mol. The summed E-state index contributed by atoms with van der Waals surface area (Å²) in [6, 6.07) is 5.53. The number of fused-ring (bicyclic) bond motifs is 3. The molecule has 3 aromatic heterocycles. The van der Waals surface area contributed by atoms with Crippen LogP contribution in [0.25, 0.3) is 33.5 Å². The zero-order valence-electron chi connectivity index (χ0n) is 14.4. The first-order valence-corrected chi connectivity index (χ1v) is 8.29. The Morgan fingerprint density at radius 3 is 2.69 bits per heavy atom. The van der Waals surface area contributed by atoms with Gasteiger partial charge in [-0.05, 0) is 12.1 Å². The molecule has 0 spiro atoms. The summed E-state index contributed by atoms with van der Waals surface area (Å²) in [6.07, 6.45) is 4.72. The minimum absolute atomic E-state index is 0.204. The second-order valence-corrected chi connectivity index (χ2v) is 6.54. The SMILES string of the molecule is CN(C)C(=O)c1nc(-c2cnccn2)nc2c1c1ccc(Cl)cc1n2C. The van der Waals surface area contributed by atoms with Crippen LogP contribution < -0.4 is 0 Å². The molecular formula is C18H15ClN6O. The van der Waals surface area contributed by atoms with E-state index in [0.717, 1.165) is 10.9 Å². The molecule has 0 saturated heterocycles. The summed E-state index contributed by atoms with van der Waals surface area (Å²) in [7, 11) is 5.28. The van der Waals surface area contributed by atoms with Gasteiger partial charge in [-0.25, -0.2) is 15.0 Å². The van der Waals surface area contributed by atoms with E-state index in [9.17, 15) is 4.79 Å². The minimum atomic E-state index is -0.204. The fraction of sp³-hybridized carbons (Fsp3) is 0.167. The number of hydrogen-bond acceptors (Lipinski definition) is 5. The van der Waals surface area contributed by atoms with Gasteiger partial charge in [-0.3, -0.25) is 9.78 Å². The van der Waals surface area contributed by atoms with Crippen molar-refractivity contribution < 1.29 is 4.79 Å². The molecule has 130 valence electrons. The van der Waals surface area contributed by atoms with E-state index >= 15 is 0 Å². The number of aryl methyl sites for hydroxylation is 1. The molecule has 1 aromatic carbocycles. The number of benzene rings is 1. The molecule has 7 nitrogen and oxygen atoms in total. The van der Waals surface area contributed by atoms with Crippen LogP contribution in [0.2, 0.25) is 5.02 Å². The highest BCUT2D eigenvalue weighted by Gasteiger charge is 2.23. The Balaban J connectivity index is 2.14. The third-order valence-corrected chi connectivity index (χ3v) is 4.43. The van der Waals surface area contributed by atoms with Crippen molar-refractivity contribution in [1.82, 2.24) is 29.4 Å². The van der Waals surface area contributed by atoms with Gasteiger partial charge >= 0.3 is 0 Å². The summed E-state index contributed by atoms with van der Waals surface area (Å²) < 4.78 is 1.91. The first-order valence-electron chi connectivity index (χ1n) is 7.91. The average Bonchev–Trinajstić information content (AvgIpc) is 2.93. The van der Waals surface area contributed by atoms with Crippen LogP contribution in [0.15, 0.2) is 36.8 Å². The van der Waals surface area contributed by atoms with Gasteiger partial charge in [0.05, 0.1) is 17.1 Å². The van der Waals surface area contributed by atoms with Crippen molar-refractivity contribution >= 4 is 39.4 Å². The van der Waals surface area contributed by atoms with Crippen LogP contribution in [0.3, 0.4) is 0 Å². The van der Waals surface area contributed by atoms with Crippen molar-refractivity contribution in [3.05, 3.63) is 47.5 Å². The molecule has 0 radical (unpaired) electrons. The van der Waals surface area contributed by atoms with E-state index in [1.807, 2.05) is 23.7 Å². The molecular weight excluding hydrogens is 352 g/mol. The molecule has 0 unspecified atom stereocenters. The lowest BCUT2D eigenvalue weighted by atomic mass is 10.1.